The number of hydrogen-bond donors (Lipinski definition) is 2. The lowest BCUT2D eigenvalue weighted by atomic mass is 10.0. The largest absolute Gasteiger partial charge is 0.464 e. The average Bonchev–Trinajstić information content (AvgIpc) is 3.38. The van der Waals surface area contributed by atoms with Crippen molar-refractivity contribution in [3.8, 4) is 0 Å². The van der Waals surface area contributed by atoms with E-state index in [0.717, 1.165) is 29.4 Å². The van der Waals surface area contributed by atoms with Crippen LogP contribution in [0.5, 0.6) is 0 Å². The van der Waals surface area contributed by atoms with E-state index in [1.165, 1.54) is 11.1 Å². The van der Waals surface area contributed by atoms with Crippen molar-refractivity contribution >= 4 is 28.5 Å². The van der Waals surface area contributed by atoms with Crippen LogP contribution in [0.15, 0.2) is 47.1 Å². The van der Waals surface area contributed by atoms with Crippen molar-refractivity contribution in [3.63, 3.8) is 0 Å². The standard InChI is InChI=1S/C22H22N2O3/c1-13-9-19-16(12-27-20(19)10-14(13)2)11-21(25)23-17-5-3-15(4-6-17)22(26)24-18-7-8-18/h3-6,9-10,12,18H,7-8,11H2,1-2H3,(H,23,25)(H,24,26). The molecular formula is C22H22N2O3. The van der Waals surface area contributed by atoms with Crippen molar-refractivity contribution in [2.24, 2.45) is 0 Å². The number of amides is 2. The van der Waals surface area contributed by atoms with Gasteiger partial charge in [0.25, 0.3) is 5.91 Å². The van der Waals surface area contributed by atoms with E-state index in [1.54, 1.807) is 30.5 Å². The van der Waals surface area contributed by atoms with Gasteiger partial charge in [-0.25, -0.2) is 0 Å². The molecule has 0 unspecified atom stereocenters. The van der Waals surface area contributed by atoms with E-state index in [4.69, 9.17) is 4.42 Å². The molecule has 1 aromatic heterocycles. The van der Waals surface area contributed by atoms with Gasteiger partial charge in [0.15, 0.2) is 0 Å². The summed E-state index contributed by atoms with van der Waals surface area (Å²) in [6, 6.07) is 11.3. The molecule has 1 saturated carbocycles. The van der Waals surface area contributed by atoms with E-state index in [1.807, 2.05) is 19.9 Å². The summed E-state index contributed by atoms with van der Waals surface area (Å²) in [4.78, 5) is 24.4. The van der Waals surface area contributed by atoms with E-state index in [-0.39, 0.29) is 18.2 Å². The van der Waals surface area contributed by atoms with Gasteiger partial charge in [0.05, 0.1) is 12.7 Å². The lowest BCUT2D eigenvalue weighted by Crippen LogP contribution is -2.25. The molecule has 1 aliphatic rings. The molecule has 27 heavy (non-hydrogen) atoms. The van der Waals surface area contributed by atoms with Gasteiger partial charge < -0.3 is 15.1 Å². The molecule has 3 aromatic rings. The van der Waals surface area contributed by atoms with Crippen LogP contribution in [0, 0.1) is 13.8 Å². The van der Waals surface area contributed by atoms with Crippen LogP contribution in [0.1, 0.15) is 39.9 Å². The van der Waals surface area contributed by atoms with Crippen molar-refractivity contribution < 1.29 is 14.0 Å². The molecular weight excluding hydrogens is 340 g/mol. The zero-order valence-corrected chi connectivity index (χ0v) is 15.5. The van der Waals surface area contributed by atoms with Crippen LogP contribution in [-0.2, 0) is 11.2 Å². The Bertz CT molecular complexity index is 1010. The van der Waals surface area contributed by atoms with Gasteiger partial charge in [0.2, 0.25) is 5.91 Å². The minimum absolute atomic E-state index is 0.0640. The molecule has 4 rings (SSSR count). The predicted molar refractivity (Wildman–Crippen MR) is 105 cm³/mol. The number of aryl methyl sites for hydroxylation is 2. The third kappa shape index (κ3) is 3.87. The fourth-order valence-electron chi connectivity index (χ4n) is 3.05. The van der Waals surface area contributed by atoms with Crippen LogP contribution in [0.3, 0.4) is 0 Å². The molecule has 138 valence electrons. The summed E-state index contributed by atoms with van der Waals surface area (Å²) in [5.41, 5.74) is 5.27. The Morgan fingerprint density at radius 1 is 1.07 bits per heavy atom. The van der Waals surface area contributed by atoms with Crippen LogP contribution in [-0.4, -0.2) is 17.9 Å². The van der Waals surface area contributed by atoms with Crippen molar-refractivity contribution in [1.29, 1.82) is 0 Å². The van der Waals surface area contributed by atoms with Crippen molar-refractivity contribution in [2.45, 2.75) is 39.2 Å². The minimum atomic E-state index is -0.119. The van der Waals surface area contributed by atoms with E-state index in [2.05, 4.69) is 16.7 Å². The third-order valence-electron chi connectivity index (χ3n) is 4.96. The zero-order valence-electron chi connectivity index (χ0n) is 15.5. The molecule has 2 amide bonds. The first kappa shape index (κ1) is 17.3. The predicted octanol–water partition coefficient (Wildman–Crippen LogP) is 4.12. The Morgan fingerprint density at radius 3 is 2.48 bits per heavy atom. The SMILES string of the molecule is Cc1cc2occ(CC(=O)Nc3ccc(C(=O)NC4CC4)cc3)c2cc1C. The second-order valence-corrected chi connectivity index (χ2v) is 7.24. The highest BCUT2D eigenvalue weighted by molar-refractivity contribution is 5.97. The molecule has 5 nitrogen and oxygen atoms in total. The second kappa shape index (κ2) is 6.91. The number of hydrogen-bond acceptors (Lipinski definition) is 3. The number of carbonyl (C=O) groups is 2. The summed E-state index contributed by atoms with van der Waals surface area (Å²) in [6.07, 6.45) is 4.00. The first-order valence-corrected chi connectivity index (χ1v) is 9.18. The summed E-state index contributed by atoms with van der Waals surface area (Å²) >= 11 is 0. The van der Waals surface area contributed by atoms with E-state index >= 15 is 0 Å². The van der Waals surface area contributed by atoms with Crippen molar-refractivity contribution in [2.75, 3.05) is 5.32 Å². The Kier molecular flexibility index (Phi) is 4.44. The number of anilines is 1. The molecule has 0 bridgehead atoms. The van der Waals surface area contributed by atoms with Gasteiger partial charge >= 0.3 is 0 Å². The van der Waals surface area contributed by atoms with Gasteiger partial charge in [0, 0.05) is 28.2 Å². The Balaban J connectivity index is 1.42. The fraction of sp³-hybridized carbons (Fsp3) is 0.273. The Hall–Kier alpha value is -3.08. The van der Waals surface area contributed by atoms with Gasteiger partial charge in [-0.3, -0.25) is 9.59 Å². The molecule has 1 aliphatic carbocycles. The van der Waals surface area contributed by atoms with Gasteiger partial charge in [-0.05, 0) is 74.2 Å². The maximum Gasteiger partial charge on any atom is 0.251 e. The first-order chi connectivity index (χ1) is 13.0. The first-order valence-electron chi connectivity index (χ1n) is 9.18. The zero-order chi connectivity index (χ0) is 19.0. The summed E-state index contributed by atoms with van der Waals surface area (Å²) in [5.74, 6) is -0.183. The highest BCUT2D eigenvalue weighted by atomic mass is 16.3. The second-order valence-electron chi connectivity index (χ2n) is 7.24. The average molecular weight is 362 g/mol. The molecule has 0 atom stereocenters. The molecule has 2 N–H and O–H groups in total. The molecule has 5 heteroatoms. The number of rotatable bonds is 5. The van der Waals surface area contributed by atoms with E-state index in [9.17, 15) is 9.59 Å². The van der Waals surface area contributed by atoms with Crippen molar-refractivity contribution in [1.82, 2.24) is 5.32 Å². The van der Waals surface area contributed by atoms with Gasteiger partial charge in [-0.15, -0.1) is 0 Å². The maximum absolute atomic E-state index is 12.4. The summed E-state index contributed by atoms with van der Waals surface area (Å²) in [5, 5.41) is 6.80. The van der Waals surface area contributed by atoms with Crippen molar-refractivity contribution in [3.05, 3.63) is 64.9 Å². The highest BCUT2D eigenvalue weighted by Crippen LogP contribution is 2.25. The maximum atomic E-state index is 12.4. The number of fused-ring (bicyclic) bond motifs is 1. The van der Waals surface area contributed by atoms with Crippen LogP contribution < -0.4 is 10.6 Å². The topological polar surface area (TPSA) is 71.3 Å². The smallest absolute Gasteiger partial charge is 0.251 e. The van der Waals surface area contributed by atoms with Crippen LogP contribution >= 0.6 is 0 Å². The van der Waals surface area contributed by atoms with Gasteiger partial charge in [-0.1, -0.05) is 0 Å². The summed E-state index contributed by atoms with van der Waals surface area (Å²) < 4.78 is 5.59. The number of furan rings is 1. The fourth-order valence-corrected chi connectivity index (χ4v) is 3.05. The van der Waals surface area contributed by atoms with Crippen LogP contribution in [0.2, 0.25) is 0 Å². The third-order valence-corrected chi connectivity index (χ3v) is 4.96. The molecule has 0 spiro atoms. The summed E-state index contributed by atoms with van der Waals surface area (Å²) in [6.45, 7) is 4.09. The number of nitrogens with one attached hydrogen (secondary N) is 2. The lowest BCUT2D eigenvalue weighted by Gasteiger charge is -2.07. The van der Waals surface area contributed by atoms with Crippen LogP contribution in [0.4, 0.5) is 5.69 Å². The normalized spacial score (nSPS) is 13.6. The Morgan fingerprint density at radius 2 is 1.78 bits per heavy atom. The monoisotopic (exact) mass is 362 g/mol. The van der Waals surface area contributed by atoms with E-state index in [0.29, 0.717) is 17.3 Å². The minimum Gasteiger partial charge on any atom is -0.464 e. The highest BCUT2D eigenvalue weighted by Gasteiger charge is 2.23. The Labute approximate surface area is 157 Å². The number of carbonyl (C=O) groups excluding carboxylic acids is 2. The van der Waals surface area contributed by atoms with Gasteiger partial charge in [0.1, 0.15) is 5.58 Å². The molecule has 0 saturated heterocycles. The molecule has 1 heterocycles. The van der Waals surface area contributed by atoms with Gasteiger partial charge in [-0.2, -0.15) is 0 Å². The lowest BCUT2D eigenvalue weighted by molar-refractivity contribution is -0.115. The molecule has 0 aliphatic heterocycles. The molecule has 0 radical (unpaired) electrons. The molecule has 1 fully saturated rings. The molecule has 2 aromatic carbocycles. The number of benzene rings is 2. The van der Waals surface area contributed by atoms with Crippen LogP contribution in [0.25, 0.3) is 11.0 Å². The summed E-state index contributed by atoms with van der Waals surface area (Å²) in [7, 11) is 0. The van der Waals surface area contributed by atoms with E-state index < -0.39 is 0 Å². The quantitative estimate of drug-likeness (QED) is 0.717.